The molecule has 0 atom stereocenters. The second kappa shape index (κ2) is 6.98. The highest BCUT2D eigenvalue weighted by Gasteiger charge is 2.00. The van der Waals surface area contributed by atoms with Gasteiger partial charge in [-0.1, -0.05) is 0 Å². The number of carbonyl (C=O) groups excluding carboxylic acids is 1. The van der Waals surface area contributed by atoms with Crippen molar-refractivity contribution in [3.63, 3.8) is 0 Å². The van der Waals surface area contributed by atoms with E-state index in [9.17, 15) is 4.79 Å². The molecule has 0 saturated heterocycles. The van der Waals surface area contributed by atoms with Gasteiger partial charge in [0, 0.05) is 24.9 Å². The van der Waals surface area contributed by atoms with Crippen LogP contribution in [0.2, 0.25) is 0 Å². The van der Waals surface area contributed by atoms with Gasteiger partial charge in [0.1, 0.15) is 0 Å². The van der Waals surface area contributed by atoms with Crippen molar-refractivity contribution < 1.29 is 9.53 Å². The molecule has 1 aromatic carbocycles. The van der Waals surface area contributed by atoms with Gasteiger partial charge in [0.15, 0.2) is 10.9 Å². The molecule has 2 N–H and O–H groups in total. The summed E-state index contributed by atoms with van der Waals surface area (Å²) in [6.07, 6.45) is 0. The van der Waals surface area contributed by atoms with Crippen LogP contribution in [0.5, 0.6) is 0 Å². The zero-order valence-corrected chi connectivity index (χ0v) is 10.8. The Hall–Kier alpha value is -1.46. The average molecular weight is 252 g/mol. The van der Waals surface area contributed by atoms with E-state index >= 15 is 0 Å². The Bertz CT molecular complexity index is 390. The van der Waals surface area contributed by atoms with E-state index in [2.05, 4.69) is 10.6 Å². The zero-order valence-electron chi connectivity index (χ0n) is 9.95. The van der Waals surface area contributed by atoms with Crippen molar-refractivity contribution in [1.29, 1.82) is 0 Å². The van der Waals surface area contributed by atoms with Gasteiger partial charge < -0.3 is 15.4 Å². The van der Waals surface area contributed by atoms with E-state index in [1.54, 1.807) is 26.2 Å². The minimum atomic E-state index is 0.0531. The van der Waals surface area contributed by atoms with Crippen LogP contribution in [0, 0.1) is 0 Å². The number of carbonyl (C=O) groups is 1. The van der Waals surface area contributed by atoms with Crippen molar-refractivity contribution in [3.8, 4) is 0 Å². The quantitative estimate of drug-likeness (QED) is 0.475. The van der Waals surface area contributed by atoms with Gasteiger partial charge in [0.05, 0.1) is 6.61 Å². The number of nitrogens with one attached hydrogen (secondary N) is 2. The average Bonchev–Trinajstić information content (AvgIpc) is 2.30. The molecule has 0 aliphatic carbocycles. The lowest BCUT2D eigenvalue weighted by Gasteiger charge is -2.10. The van der Waals surface area contributed by atoms with Gasteiger partial charge in [-0.2, -0.15) is 0 Å². The third-order valence-corrected chi connectivity index (χ3v) is 2.39. The Morgan fingerprint density at radius 2 is 2.00 bits per heavy atom. The van der Waals surface area contributed by atoms with Gasteiger partial charge in [0.25, 0.3) is 0 Å². The fourth-order valence-corrected chi connectivity index (χ4v) is 1.45. The maximum absolute atomic E-state index is 11.1. The highest BCUT2D eigenvalue weighted by Crippen LogP contribution is 2.09. The van der Waals surface area contributed by atoms with Crippen LogP contribution < -0.4 is 10.6 Å². The number of ketones is 1. The van der Waals surface area contributed by atoms with Crippen molar-refractivity contribution in [2.75, 3.05) is 25.6 Å². The first kappa shape index (κ1) is 13.6. The molecule has 5 heteroatoms. The summed E-state index contributed by atoms with van der Waals surface area (Å²) in [5.41, 5.74) is 1.54. The maximum Gasteiger partial charge on any atom is 0.170 e. The molecular weight excluding hydrogens is 236 g/mol. The standard InChI is InChI=1S/C12H16N2O2S/c1-9(15)10-3-5-11(6-4-10)14-12(17)13-7-8-16-2/h3-6H,7-8H2,1-2H3,(H2,13,14,17). The Morgan fingerprint density at radius 3 is 2.53 bits per heavy atom. The van der Waals surface area contributed by atoms with Crippen LogP contribution >= 0.6 is 12.2 Å². The Morgan fingerprint density at radius 1 is 1.35 bits per heavy atom. The zero-order chi connectivity index (χ0) is 12.7. The van der Waals surface area contributed by atoms with E-state index in [1.807, 2.05) is 12.1 Å². The molecule has 0 unspecified atom stereocenters. The lowest BCUT2D eigenvalue weighted by molar-refractivity contribution is 0.101. The van der Waals surface area contributed by atoms with Crippen LogP contribution in [-0.2, 0) is 4.74 Å². The summed E-state index contributed by atoms with van der Waals surface area (Å²) >= 11 is 5.09. The number of hydrogen-bond acceptors (Lipinski definition) is 3. The van der Waals surface area contributed by atoms with Gasteiger partial charge >= 0.3 is 0 Å². The topological polar surface area (TPSA) is 50.4 Å². The fourth-order valence-electron chi connectivity index (χ4n) is 1.23. The van der Waals surface area contributed by atoms with E-state index in [-0.39, 0.29) is 5.78 Å². The van der Waals surface area contributed by atoms with Gasteiger partial charge in [-0.15, -0.1) is 0 Å². The van der Waals surface area contributed by atoms with E-state index < -0.39 is 0 Å². The van der Waals surface area contributed by atoms with E-state index in [0.717, 1.165) is 5.69 Å². The molecule has 1 rings (SSSR count). The van der Waals surface area contributed by atoms with Crippen LogP contribution in [0.25, 0.3) is 0 Å². The smallest absolute Gasteiger partial charge is 0.170 e. The maximum atomic E-state index is 11.1. The molecule has 0 radical (unpaired) electrons. The number of Topliss-reactive ketones (excluding diaryl/α,β-unsaturated/α-hetero) is 1. The van der Waals surface area contributed by atoms with Crippen molar-refractivity contribution in [2.24, 2.45) is 0 Å². The molecule has 0 saturated carbocycles. The predicted molar refractivity (Wildman–Crippen MR) is 72.5 cm³/mol. The second-order valence-electron chi connectivity index (χ2n) is 3.51. The third kappa shape index (κ3) is 4.93. The number of anilines is 1. The van der Waals surface area contributed by atoms with E-state index in [0.29, 0.717) is 23.8 Å². The fraction of sp³-hybridized carbons (Fsp3) is 0.333. The van der Waals surface area contributed by atoms with Gasteiger partial charge in [-0.05, 0) is 43.4 Å². The molecule has 0 spiro atoms. The molecule has 4 nitrogen and oxygen atoms in total. The first-order valence-electron chi connectivity index (χ1n) is 5.28. The largest absolute Gasteiger partial charge is 0.383 e. The third-order valence-electron chi connectivity index (χ3n) is 2.14. The number of rotatable bonds is 5. The summed E-state index contributed by atoms with van der Waals surface area (Å²) < 4.78 is 4.90. The summed E-state index contributed by atoms with van der Waals surface area (Å²) in [7, 11) is 1.64. The minimum Gasteiger partial charge on any atom is -0.383 e. The van der Waals surface area contributed by atoms with Crippen molar-refractivity contribution in [3.05, 3.63) is 29.8 Å². The molecule has 0 aliphatic rings. The Labute approximate surface area is 106 Å². The predicted octanol–water partition coefficient (Wildman–Crippen LogP) is 1.82. The van der Waals surface area contributed by atoms with Gasteiger partial charge in [-0.25, -0.2) is 0 Å². The molecule has 0 bridgehead atoms. The Kier molecular flexibility index (Phi) is 5.59. The summed E-state index contributed by atoms with van der Waals surface area (Å²) in [6, 6.07) is 7.17. The molecule has 0 heterocycles. The number of methoxy groups -OCH3 is 1. The Balaban J connectivity index is 2.46. The molecule has 0 aromatic heterocycles. The van der Waals surface area contributed by atoms with E-state index in [4.69, 9.17) is 17.0 Å². The molecule has 0 fully saturated rings. The van der Waals surface area contributed by atoms with Crippen LogP contribution in [0.1, 0.15) is 17.3 Å². The molecular formula is C12H16N2O2S. The van der Waals surface area contributed by atoms with E-state index in [1.165, 1.54) is 0 Å². The first-order valence-corrected chi connectivity index (χ1v) is 5.69. The second-order valence-corrected chi connectivity index (χ2v) is 3.92. The number of hydrogen-bond donors (Lipinski definition) is 2. The number of thiocarbonyl (C=S) groups is 1. The molecule has 92 valence electrons. The lowest BCUT2D eigenvalue weighted by Crippen LogP contribution is -2.31. The summed E-state index contributed by atoms with van der Waals surface area (Å²) in [5.74, 6) is 0.0531. The highest BCUT2D eigenvalue weighted by molar-refractivity contribution is 7.80. The normalized spacial score (nSPS) is 9.76. The van der Waals surface area contributed by atoms with Crippen LogP contribution in [0.3, 0.4) is 0 Å². The summed E-state index contributed by atoms with van der Waals surface area (Å²) in [5, 5.41) is 6.56. The molecule has 0 amide bonds. The van der Waals surface area contributed by atoms with Gasteiger partial charge in [-0.3, -0.25) is 4.79 Å². The molecule has 1 aromatic rings. The van der Waals surface area contributed by atoms with Crippen molar-refractivity contribution >= 4 is 28.8 Å². The van der Waals surface area contributed by atoms with Crippen LogP contribution in [0.4, 0.5) is 5.69 Å². The lowest BCUT2D eigenvalue weighted by atomic mass is 10.1. The van der Waals surface area contributed by atoms with Crippen molar-refractivity contribution in [1.82, 2.24) is 5.32 Å². The summed E-state index contributed by atoms with van der Waals surface area (Å²) in [6.45, 7) is 2.80. The molecule has 17 heavy (non-hydrogen) atoms. The number of ether oxygens (including phenoxy) is 1. The molecule has 0 aliphatic heterocycles. The SMILES string of the molecule is COCCNC(=S)Nc1ccc(C(C)=O)cc1. The monoisotopic (exact) mass is 252 g/mol. The van der Waals surface area contributed by atoms with Crippen LogP contribution in [-0.4, -0.2) is 31.2 Å². The minimum absolute atomic E-state index is 0.0531. The number of benzene rings is 1. The van der Waals surface area contributed by atoms with Crippen LogP contribution in [0.15, 0.2) is 24.3 Å². The highest BCUT2D eigenvalue weighted by atomic mass is 32.1. The summed E-state index contributed by atoms with van der Waals surface area (Å²) in [4.78, 5) is 11.1. The van der Waals surface area contributed by atoms with Gasteiger partial charge in [0.2, 0.25) is 0 Å². The van der Waals surface area contributed by atoms with Crippen molar-refractivity contribution in [2.45, 2.75) is 6.92 Å². The first-order chi connectivity index (χ1) is 8.13.